The zero-order valence-corrected chi connectivity index (χ0v) is 11.2. The van der Waals surface area contributed by atoms with Crippen molar-refractivity contribution in [2.24, 2.45) is 0 Å². The number of aromatic nitrogens is 4. The molecule has 98 valence electrons. The summed E-state index contributed by atoms with van der Waals surface area (Å²) < 4.78 is 1.50. The molecule has 2 fully saturated rings. The molecule has 2 atom stereocenters. The summed E-state index contributed by atoms with van der Waals surface area (Å²) in [6.07, 6.45) is 8.25. The fourth-order valence-corrected chi connectivity index (χ4v) is 4.03. The van der Waals surface area contributed by atoms with Crippen LogP contribution in [0, 0.1) is 0 Å². The average molecular weight is 267 g/mol. The molecule has 7 heteroatoms. The molecule has 2 bridgehead atoms. The van der Waals surface area contributed by atoms with E-state index in [0.717, 1.165) is 30.9 Å². The first-order chi connectivity index (χ1) is 8.78. The number of tetrazole rings is 1. The molecule has 0 saturated carbocycles. The van der Waals surface area contributed by atoms with E-state index < -0.39 is 0 Å². The fraction of sp³-hybridized carbons (Fsp3) is 0.818. The van der Waals surface area contributed by atoms with Crippen molar-refractivity contribution < 1.29 is 4.79 Å². The Morgan fingerprint density at radius 3 is 2.67 bits per heavy atom. The molecule has 2 aliphatic rings. The third-order valence-electron chi connectivity index (χ3n) is 4.00. The summed E-state index contributed by atoms with van der Waals surface area (Å²) in [6.45, 7) is 0.268. The first kappa shape index (κ1) is 12.0. The smallest absolute Gasteiger partial charge is 0.244 e. The Balaban J connectivity index is 1.68. The zero-order valence-electron chi connectivity index (χ0n) is 10.4. The molecule has 0 aliphatic carbocycles. The van der Waals surface area contributed by atoms with E-state index >= 15 is 0 Å². The van der Waals surface area contributed by atoms with E-state index in [-0.39, 0.29) is 12.5 Å². The van der Waals surface area contributed by atoms with Crippen LogP contribution < -0.4 is 0 Å². The predicted molar refractivity (Wildman–Crippen MR) is 68.0 cm³/mol. The summed E-state index contributed by atoms with van der Waals surface area (Å²) in [4.78, 5) is 14.4. The Morgan fingerprint density at radius 1 is 1.39 bits per heavy atom. The molecule has 0 N–H and O–H groups in total. The summed E-state index contributed by atoms with van der Waals surface area (Å²) in [6, 6.07) is 0.871. The van der Waals surface area contributed by atoms with E-state index in [4.69, 9.17) is 0 Å². The van der Waals surface area contributed by atoms with E-state index in [2.05, 4.69) is 26.7 Å². The first-order valence-corrected chi connectivity index (χ1v) is 7.61. The quantitative estimate of drug-likeness (QED) is 0.800. The van der Waals surface area contributed by atoms with Gasteiger partial charge in [-0.2, -0.15) is 11.8 Å². The SMILES string of the molecule is CSC1CC2CCC(C1)N2C(=O)Cn1cnnn1. The van der Waals surface area contributed by atoms with Gasteiger partial charge in [0.1, 0.15) is 12.9 Å². The van der Waals surface area contributed by atoms with E-state index in [1.54, 1.807) is 0 Å². The lowest BCUT2D eigenvalue weighted by Crippen LogP contribution is -2.48. The Kier molecular flexibility index (Phi) is 3.23. The topological polar surface area (TPSA) is 63.9 Å². The maximum Gasteiger partial charge on any atom is 0.244 e. The molecule has 3 rings (SSSR count). The molecule has 0 aromatic carbocycles. The number of nitrogens with zero attached hydrogens (tertiary/aromatic N) is 5. The zero-order chi connectivity index (χ0) is 12.5. The third-order valence-corrected chi connectivity index (χ3v) is 5.05. The molecule has 6 nitrogen and oxygen atoms in total. The van der Waals surface area contributed by atoms with Gasteiger partial charge in [0.2, 0.25) is 5.91 Å². The lowest BCUT2D eigenvalue weighted by Gasteiger charge is -2.38. The van der Waals surface area contributed by atoms with Crippen LogP contribution in [0.25, 0.3) is 0 Å². The molecule has 2 aliphatic heterocycles. The Bertz CT molecular complexity index is 409. The Labute approximate surface area is 110 Å². The van der Waals surface area contributed by atoms with Gasteiger partial charge in [0.25, 0.3) is 0 Å². The van der Waals surface area contributed by atoms with Crippen molar-refractivity contribution in [3.05, 3.63) is 6.33 Å². The van der Waals surface area contributed by atoms with E-state index in [1.165, 1.54) is 11.0 Å². The minimum Gasteiger partial charge on any atom is -0.335 e. The van der Waals surface area contributed by atoms with Crippen LogP contribution in [-0.2, 0) is 11.3 Å². The second kappa shape index (κ2) is 4.87. The van der Waals surface area contributed by atoms with Crippen LogP contribution in [0.4, 0.5) is 0 Å². The van der Waals surface area contributed by atoms with Gasteiger partial charge in [0.15, 0.2) is 0 Å². The average Bonchev–Trinajstić information content (AvgIpc) is 2.95. The number of hydrogen-bond donors (Lipinski definition) is 0. The number of fused-ring (bicyclic) bond motifs is 2. The van der Waals surface area contributed by atoms with Gasteiger partial charge in [-0.25, -0.2) is 4.68 Å². The Morgan fingerprint density at radius 2 is 2.11 bits per heavy atom. The second-order valence-electron chi connectivity index (χ2n) is 5.02. The van der Waals surface area contributed by atoms with Gasteiger partial charge < -0.3 is 4.90 Å². The second-order valence-corrected chi connectivity index (χ2v) is 6.16. The van der Waals surface area contributed by atoms with Crippen LogP contribution in [0.5, 0.6) is 0 Å². The number of rotatable bonds is 3. The van der Waals surface area contributed by atoms with Gasteiger partial charge in [-0.15, -0.1) is 5.10 Å². The molecule has 0 radical (unpaired) electrons. The summed E-state index contributed by atoms with van der Waals surface area (Å²) in [5.74, 6) is 0.161. The molecular weight excluding hydrogens is 250 g/mol. The maximum atomic E-state index is 12.3. The summed E-state index contributed by atoms with van der Waals surface area (Å²) >= 11 is 1.94. The van der Waals surface area contributed by atoms with Crippen LogP contribution in [-0.4, -0.2) is 54.6 Å². The highest BCUT2D eigenvalue weighted by Crippen LogP contribution is 2.39. The summed E-state index contributed by atoms with van der Waals surface area (Å²) in [5.41, 5.74) is 0. The summed E-state index contributed by atoms with van der Waals surface area (Å²) in [5, 5.41) is 11.6. The van der Waals surface area contributed by atoms with Crippen molar-refractivity contribution in [3.8, 4) is 0 Å². The Hall–Kier alpha value is -1.11. The maximum absolute atomic E-state index is 12.3. The van der Waals surface area contributed by atoms with Gasteiger partial charge in [0, 0.05) is 17.3 Å². The number of carbonyl (C=O) groups excluding carboxylic acids is 1. The molecule has 3 heterocycles. The normalized spacial score (nSPS) is 30.7. The van der Waals surface area contributed by atoms with Crippen LogP contribution >= 0.6 is 11.8 Å². The molecule has 2 unspecified atom stereocenters. The monoisotopic (exact) mass is 267 g/mol. The number of thioether (sulfide) groups is 1. The molecule has 2 saturated heterocycles. The lowest BCUT2D eigenvalue weighted by molar-refractivity contribution is -0.136. The van der Waals surface area contributed by atoms with Crippen LogP contribution in [0.3, 0.4) is 0 Å². The van der Waals surface area contributed by atoms with Crippen LogP contribution in [0.15, 0.2) is 6.33 Å². The highest BCUT2D eigenvalue weighted by atomic mass is 32.2. The van der Waals surface area contributed by atoms with E-state index in [1.807, 2.05) is 11.8 Å². The summed E-state index contributed by atoms with van der Waals surface area (Å²) in [7, 11) is 0. The minimum absolute atomic E-state index is 0.161. The van der Waals surface area contributed by atoms with Gasteiger partial charge in [-0.1, -0.05) is 0 Å². The van der Waals surface area contributed by atoms with Gasteiger partial charge in [0.05, 0.1) is 0 Å². The molecule has 1 amide bonds. The van der Waals surface area contributed by atoms with Crippen LogP contribution in [0.2, 0.25) is 0 Å². The number of amides is 1. The lowest BCUT2D eigenvalue weighted by atomic mass is 10.0. The number of piperidine rings is 1. The van der Waals surface area contributed by atoms with Crippen molar-refractivity contribution in [1.29, 1.82) is 0 Å². The van der Waals surface area contributed by atoms with Crippen LogP contribution in [0.1, 0.15) is 25.7 Å². The highest BCUT2D eigenvalue weighted by Gasteiger charge is 2.42. The molecule has 1 aromatic rings. The molecule has 1 aromatic heterocycles. The molecule has 18 heavy (non-hydrogen) atoms. The fourth-order valence-electron chi connectivity index (χ4n) is 3.20. The largest absolute Gasteiger partial charge is 0.335 e. The first-order valence-electron chi connectivity index (χ1n) is 6.32. The standard InChI is InChI=1S/C11H17N5OS/c1-18-10-4-8-2-3-9(5-10)16(8)11(17)6-15-7-12-13-14-15/h7-10H,2-6H2,1H3. The molecule has 0 spiro atoms. The number of carbonyl (C=O) groups is 1. The van der Waals surface area contributed by atoms with Gasteiger partial charge >= 0.3 is 0 Å². The van der Waals surface area contributed by atoms with E-state index in [0.29, 0.717) is 12.1 Å². The van der Waals surface area contributed by atoms with Crippen molar-refractivity contribution in [2.45, 2.75) is 49.6 Å². The number of hydrogen-bond acceptors (Lipinski definition) is 5. The van der Waals surface area contributed by atoms with Crippen molar-refractivity contribution in [1.82, 2.24) is 25.1 Å². The third kappa shape index (κ3) is 2.11. The minimum atomic E-state index is 0.161. The molecular formula is C11H17N5OS. The van der Waals surface area contributed by atoms with Crippen molar-refractivity contribution in [2.75, 3.05) is 6.26 Å². The van der Waals surface area contributed by atoms with Crippen molar-refractivity contribution >= 4 is 17.7 Å². The van der Waals surface area contributed by atoms with E-state index in [9.17, 15) is 4.79 Å². The van der Waals surface area contributed by atoms with Crippen molar-refractivity contribution in [3.63, 3.8) is 0 Å². The van der Waals surface area contributed by atoms with Gasteiger partial charge in [-0.05, 0) is 42.4 Å². The van der Waals surface area contributed by atoms with Gasteiger partial charge in [-0.3, -0.25) is 4.79 Å². The predicted octanol–water partition coefficient (Wildman–Crippen LogP) is 0.558. The highest BCUT2D eigenvalue weighted by molar-refractivity contribution is 7.99.